The van der Waals surface area contributed by atoms with Crippen LogP contribution in [0.2, 0.25) is 0 Å². The second-order valence-corrected chi connectivity index (χ2v) is 6.94. The van der Waals surface area contributed by atoms with Gasteiger partial charge in [0, 0.05) is 23.7 Å². The van der Waals surface area contributed by atoms with Gasteiger partial charge < -0.3 is 18.9 Å². The highest BCUT2D eigenvalue weighted by Gasteiger charge is 2.31. The molecule has 8 nitrogen and oxygen atoms in total. The summed E-state index contributed by atoms with van der Waals surface area (Å²) in [6.45, 7) is 1.13. The van der Waals surface area contributed by atoms with Crippen molar-refractivity contribution in [3.8, 4) is 0 Å². The Morgan fingerprint density at radius 3 is 1.36 bits per heavy atom. The van der Waals surface area contributed by atoms with E-state index < -0.39 is 36.1 Å². The smallest absolute Gasteiger partial charge is 0.307 e. The monoisotopic (exact) mass is 456 g/mol. The first kappa shape index (κ1) is 26.9. The van der Waals surface area contributed by atoms with Crippen LogP contribution in [0, 0.1) is 0 Å². The highest BCUT2D eigenvalue weighted by molar-refractivity contribution is 7.80. The van der Waals surface area contributed by atoms with Crippen LogP contribution in [-0.2, 0) is 38.1 Å². The Morgan fingerprint density at radius 2 is 1.00 bits per heavy atom. The summed E-state index contributed by atoms with van der Waals surface area (Å²) in [5, 5.41) is 0. The molecule has 0 aliphatic rings. The van der Waals surface area contributed by atoms with Crippen molar-refractivity contribution in [3.63, 3.8) is 0 Å². The van der Waals surface area contributed by atoms with Crippen LogP contribution >= 0.6 is 37.9 Å². The number of rotatable bonds is 15. The minimum atomic E-state index is -1.13. The first-order chi connectivity index (χ1) is 13.4. The number of ether oxygens (including phenoxy) is 4. The molecule has 162 valence electrons. The molecule has 0 saturated carbocycles. The number of hydrogen-bond donors (Lipinski definition) is 3. The molecular formula is C17H28O8S3. The molecule has 0 aromatic heterocycles. The molecule has 0 heterocycles. The lowest BCUT2D eigenvalue weighted by molar-refractivity contribution is -0.182. The van der Waals surface area contributed by atoms with Gasteiger partial charge in [0.05, 0.1) is 19.3 Å². The van der Waals surface area contributed by atoms with Gasteiger partial charge in [0.1, 0.15) is 13.2 Å². The Labute approximate surface area is 181 Å². The zero-order valence-corrected chi connectivity index (χ0v) is 18.5. The van der Waals surface area contributed by atoms with E-state index in [2.05, 4.69) is 37.9 Å². The summed E-state index contributed by atoms with van der Waals surface area (Å²) in [6.07, 6.45) is -1.38. The van der Waals surface area contributed by atoms with Gasteiger partial charge in [-0.05, 0) is 6.42 Å². The van der Waals surface area contributed by atoms with Crippen LogP contribution in [0.5, 0.6) is 0 Å². The van der Waals surface area contributed by atoms with Gasteiger partial charge in [-0.25, -0.2) is 0 Å². The molecule has 28 heavy (non-hydrogen) atoms. The Hall–Kier alpha value is -1.07. The van der Waals surface area contributed by atoms with E-state index in [9.17, 15) is 19.2 Å². The van der Waals surface area contributed by atoms with Crippen molar-refractivity contribution in [2.75, 3.05) is 30.5 Å². The summed E-state index contributed by atoms with van der Waals surface area (Å²) in [5.41, 5.74) is 0. The van der Waals surface area contributed by atoms with Crippen molar-refractivity contribution in [2.24, 2.45) is 0 Å². The van der Waals surface area contributed by atoms with E-state index in [4.69, 9.17) is 18.9 Å². The third-order valence-corrected chi connectivity index (χ3v) is 3.87. The SMILES string of the molecule is CCCC(=O)OCC(OC(=O)CCS)C(COC(=O)CCS)OC(=O)CCS. The average molecular weight is 457 g/mol. The average Bonchev–Trinajstić information content (AvgIpc) is 2.63. The van der Waals surface area contributed by atoms with Crippen molar-refractivity contribution in [1.29, 1.82) is 0 Å². The Bertz CT molecular complexity index is 457. The van der Waals surface area contributed by atoms with Gasteiger partial charge in [0.2, 0.25) is 0 Å². The number of esters is 4. The van der Waals surface area contributed by atoms with E-state index in [0.29, 0.717) is 6.42 Å². The predicted octanol–water partition coefficient (Wildman–Crippen LogP) is 1.66. The van der Waals surface area contributed by atoms with Gasteiger partial charge in [-0.3, -0.25) is 19.2 Å². The molecule has 11 heteroatoms. The van der Waals surface area contributed by atoms with Crippen LogP contribution in [0.1, 0.15) is 39.0 Å². The summed E-state index contributed by atoms with van der Waals surface area (Å²) >= 11 is 11.9. The highest BCUT2D eigenvalue weighted by atomic mass is 32.1. The molecular weight excluding hydrogens is 428 g/mol. The standard InChI is InChI=1S/C17H28O8S3/c1-2-3-14(18)22-10-12(24-16(20)5-8-27)13(25-17(21)6-9-28)11-23-15(19)4-7-26/h12-13,26-28H,2-11H2,1H3. The number of hydrogen-bond acceptors (Lipinski definition) is 11. The Balaban J connectivity index is 5.23. The summed E-state index contributed by atoms with van der Waals surface area (Å²) in [4.78, 5) is 47.1. The van der Waals surface area contributed by atoms with E-state index in [1.54, 1.807) is 0 Å². The highest BCUT2D eigenvalue weighted by Crippen LogP contribution is 2.12. The van der Waals surface area contributed by atoms with Crippen molar-refractivity contribution < 1.29 is 38.1 Å². The first-order valence-corrected chi connectivity index (χ1v) is 10.8. The zero-order chi connectivity index (χ0) is 21.4. The fourth-order valence-electron chi connectivity index (χ4n) is 1.86. The Kier molecular flexibility index (Phi) is 16.2. The fraction of sp³-hybridized carbons (Fsp3) is 0.765. The maximum Gasteiger partial charge on any atom is 0.307 e. The van der Waals surface area contributed by atoms with E-state index in [1.165, 1.54) is 0 Å². The normalized spacial score (nSPS) is 12.6. The second-order valence-electron chi connectivity index (χ2n) is 5.59. The van der Waals surface area contributed by atoms with Crippen LogP contribution < -0.4 is 0 Å². The van der Waals surface area contributed by atoms with Crippen molar-refractivity contribution in [1.82, 2.24) is 0 Å². The van der Waals surface area contributed by atoms with Crippen LogP contribution in [-0.4, -0.2) is 66.6 Å². The van der Waals surface area contributed by atoms with E-state index in [-0.39, 0.29) is 56.2 Å². The van der Waals surface area contributed by atoms with Crippen LogP contribution in [0.4, 0.5) is 0 Å². The quantitative estimate of drug-likeness (QED) is 0.194. The molecule has 0 aliphatic carbocycles. The van der Waals surface area contributed by atoms with E-state index in [0.717, 1.165) is 0 Å². The molecule has 0 aliphatic heterocycles. The van der Waals surface area contributed by atoms with Crippen LogP contribution in [0.3, 0.4) is 0 Å². The summed E-state index contributed by atoms with van der Waals surface area (Å²) in [5.74, 6) is -1.46. The van der Waals surface area contributed by atoms with E-state index in [1.807, 2.05) is 6.92 Å². The molecule has 0 N–H and O–H groups in total. The molecule has 2 atom stereocenters. The number of thiol groups is 3. The summed E-state index contributed by atoms with van der Waals surface area (Å²) < 4.78 is 20.7. The number of carbonyl (C=O) groups is 4. The number of carbonyl (C=O) groups excluding carboxylic acids is 4. The topological polar surface area (TPSA) is 105 Å². The summed E-state index contributed by atoms with van der Waals surface area (Å²) in [6, 6.07) is 0. The maximum atomic E-state index is 11.9. The van der Waals surface area contributed by atoms with Gasteiger partial charge in [0.25, 0.3) is 0 Å². The fourth-order valence-corrected chi connectivity index (χ4v) is 2.41. The van der Waals surface area contributed by atoms with Crippen LogP contribution in [0.25, 0.3) is 0 Å². The molecule has 0 saturated heterocycles. The molecule has 0 spiro atoms. The minimum absolute atomic E-state index is 0.0110. The van der Waals surface area contributed by atoms with Gasteiger partial charge in [-0.2, -0.15) is 37.9 Å². The van der Waals surface area contributed by atoms with Crippen LogP contribution in [0.15, 0.2) is 0 Å². The first-order valence-electron chi connectivity index (χ1n) is 8.90. The lowest BCUT2D eigenvalue weighted by atomic mass is 10.2. The molecule has 0 aromatic rings. The molecule has 0 rings (SSSR count). The zero-order valence-electron chi connectivity index (χ0n) is 15.8. The van der Waals surface area contributed by atoms with Gasteiger partial charge >= 0.3 is 23.9 Å². The molecule has 0 fully saturated rings. The molecule has 0 amide bonds. The van der Waals surface area contributed by atoms with Gasteiger partial charge in [-0.15, -0.1) is 0 Å². The molecule has 0 radical (unpaired) electrons. The molecule has 0 bridgehead atoms. The molecule has 0 aromatic carbocycles. The van der Waals surface area contributed by atoms with Crippen molar-refractivity contribution in [2.45, 2.75) is 51.2 Å². The van der Waals surface area contributed by atoms with Gasteiger partial charge in [-0.1, -0.05) is 6.92 Å². The van der Waals surface area contributed by atoms with E-state index >= 15 is 0 Å². The predicted molar refractivity (Wildman–Crippen MR) is 112 cm³/mol. The molecule has 2 unspecified atom stereocenters. The van der Waals surface area contributed by atoms with Crippen molar-refractivity contribution in [3.05, 3.63) is 0 Å². The third-order valence-electron chi connectivity index (χ3n) is 3.20. The second kappa shape index (κ2) is 16.8. The lowest BCUT2D eigenvalue weighted by Gasteiger charge is -2.26. The van der Waals surface area contributed by atoms with Gasteiger partial charge in [0.15, 0.2) is 12.2 Å². The largest absolute Gasteiger partial charge is 0.462 e. The van der Waals surface area contributed by atoms with Crippen molar-refractivity contribution >= 4 is 61.8 Å². The third kappa shape index (κ3) is 13.2. The summed E-state index contributed by atoms with van der Waals surface area (Å²) in [7, 11) is 0. The minimum Gasteiger partial charge on any atom is -0.462 e. The lowest BCUT2D eigenvalue weighted by Crippen LogP contribution is -2.42. The Morgan fingerprint density at radius 1 is 0.643 bits per heavy atom. The maximum absolute atomic E-state index is 11.9.